The van der Waals surface area contributed by atoms with Crippen molar-refractivity contribution in [3.8, 4) is 0 Å². The molecule has 0 aliphatic carbocycles. The third-order valence-electron chi connectivity index (χ3n) is 10.1. The zero-order valence-corrected chi connectivity index (χ0v) is 31.8. The summed E-state index contributed by atoms with van der Waals surface area (Å²) in [5.74, 6) is -1.32. The summed E-state index contributed by atoms with van der Waals surface area (Å²) in [6.45, 7) is 15.9. The van der Waals surface area contributed by atoms with Gasteiger partial charge in [-0.1, -0.05) is 85.2 Å². The minimum Gasteiger partial charge on any atom is -0.386 e. The van der Waals surface area contributed by atoms with E-state index in [1.54, 1.807) is 44.9 Å². The SMILES string of the molecule is CC[C@H](C)C([C@@H](CC(=O)N1CCC[C@H]1[C@H](OC)[C@@H](C)C(=O)N[C@H](C)C(O)c1ccccc1)OC)N(C)C(=O)[C@@H](NC(=O)CC(C)C)C(C)C. The number of likely N-dealkylation sites (N-methyl/N-ethyl adjacent to an activating group) is 1. The van der Waals surface area contributed by atoms with Crippen LogP contribution in [-0.2, 0) is 28.7 Å². The molecule has 1 saturated heterocycles. The largest absolute Gasteiger partial charge is 0.386 e. The first-order chi connectivity index (χ1) is 23.1. The van der Waals surface area contributed by atoms with Gasteiger partial charge in [0.1, 0.15) is 6.04 Å². The van der Waals surface area contributed by atoms with E-state index in [1.165, 1.54) is 0 Å². The number of methoxy groups -OCH3 is 2. The zero-order chi connectivity index (χ0) is 37.0. The van der Waals surface area contributed by atoms with Crippen molar-refractivity contribution >= 4 is 23.6 Å². The molecule has 2 rings (SSSR count). The maximum Gasteiger partial charge on any atom is 0.245 e. The number of nitrogens with zero attached hydrogens (tertiary/aromatic N) is 2. The van der Waals surface area contributed by atoms with Crippen LogP contribution in [0.2, 0.25) is 0 Å². The molecule has 278 valence electrons. The predicted octanol–water partition coefficient (Wildman–Crippen LogP) is 4.33. The Labute approximate surface area is 294 Å². The predicted molar refractivity (Wildman–Crippen MR) is 191 cm³/mol. The number of carbonyl (C=O) groups is 4. The molecule has 3 N–H and O–H groups in total. The molecular weight excluding hydrogens is 624 g/mol. The van der Waals surface area contributed by atoms with Crippen molar-refractivity contribution in [3.63, 3.8) is 0 Å². The molecule has 0 saturated carbocycles. The highest BCUT2D eigenvalue weighted by Gasteiger charge is 2.43. The first kappa shape index (κ1) is 42.1. The minimum absolute atomic E-state index is 0.00363. The van der Waals surface area contributed by atoms with Gasteiger partial charge in [-0.2, -0.15) is 0 Å². The van der Waals surface area contributed by atoms with Crippen molar-refractivity contribution in [2.45, 2.75) is 130 Å². The molecule has 0 spiro atoms. The third kappa shape index (κ3) is 11.5. The monoisotopic (exact) mass is 688 g/mol. The molecule has 4 amide bonds. The average Bonchev–Trinajstić information content (AvgIpc) is 3.55. The van der Waals surface area contributed by atoms with E-state index < -0.39 is 42.4 Å². The van der Waals surface area contributed by atoms with Gasteiger partial charge in [0.25, 0.3) is 0 Å². The van der Waals surface area contributed by atoms with Crippen LogP contribution in [0.3, 0.4) is 0 Å². The molecule has 0 aromatic heterocycles. The van der Waals surface area contributed by atoms with Crippen LogP contribution in [0.5, 0.6) is 0 Å². The zero-order valence-electron chi connectivity index (χ0n) is 31.8. The van der Waals surface area contributed by atoms with Gasteiger partial charge in [-0.05, 0) is 43.1 Å². The number of aliphatic hydroxyl groups is 1. The number of ether oxygens (including phenoxy) is 2. The molecule has 49 heavy (non-hydrogen) atoms. The second-order valence-corrected chi connectivity index (χ2v) is 14.6. The highest BCUT2D eigenvalue weighted by molar-refractivity contribution is 5.88. The summed E-state index contributed by atoms with van der Waals surface area (Å²) in [6.07, 6.45) is 0.547. The normalized spacial score (nSPS) is 19.8. The summed E-state index contributed by atoms with van der Waals surface area (Å²) in [6, 6.07) is 7.21. The molecule has 1 aliphatic heterocycles. The van der Waals surface area contributed by atoms with Gasteiger partial charge in [-0.15, -0.1) is 0 Å². The molecule has 0 bridgehead atoms. The van der Waals surface area contributed by atoms with E-state index in [2.05, 4.69) is 10.6 Å². The number of nitrogens with one attached hydrogen (secondary N) is 2. The summed E-state index contributed by atoms with van der Waals surface area (Å²) >= 11 is 0. The van der Waals surface area contributed by atoms with Gasteiger partial charge in [0.2, 0.25) is 23.6 Å². The van der Waals surface area contributed by atoms with E-state index in [1.807, 2.05) is 71.9 Å². The molecule has 1 fully saturated rings. The highest BCUT2D eigenvalue weighted by Crippen LogP contribution is 2.30. The fourth-order valence-corrected chi connectivity index (χ4v) is 7.02. The van der Waals surface area contributed by atoms with Crippen LogP contribution in [-0.4, -0.2) is 103 Å². The Morgan fingerprint density at radius 1 is 0.959 bits per heavy atom. The smallest absolute Gasteiger partial charge is 0.245 e. The number of carbonyl (C=O) groups excluding carboxylic acids is 4. The number of amides is 4. The van der Waals surface area contributed by atoms with E-state index >= 15 is 0 Å². The number of hydrogen-bond donors (Lipinski definition) is 3. The van der Waals surface area contributed by atoms with Crippen LogP contribution < -0.4 is 10.6 Å². The maximum absolute atomic E-state index is 14.1. The van der Waals surface area contributed by atoms with E-state index in [0.717, 1.165) is 12.8 Å². The lowest BCUT2D eigenvalue weighted by atomic mass is 9.89. The summed E-state index contributed by atoms with van der Waals surface area (Å²) < 4.78 is 11.9. The molecule has 11 nitrogen and oxygen atoms in total. The van der Waals surface area contributed by atoms with Crippen molar-refractivity contribution in [3.05, 3.63) is 35.9 Å². The summed E-state index contributed by atoms with van der Waals surface area (Å²) in [5.41, 5.74) is 0.713. The molecule has 9 atom stereocenters. The van der Waals surface area contributed by atoms with Crippen LogP contribution in [0.15, 0.2) is 30.3 Å². The van der Waals surface area contributed by atoms with Gasteiger partial charge in [0.15, 0.2) is 0 Å². The Morgan fingerprint density at radius 2 is 1.59 bits per heavy atom. The van der Waals surface area contributed by atoms with Gasteiger partial charge in [-0.3, -0.25) is 19.2 Å². The summed E-state index contributed by atoms with van der Waals surface area (Å²) in [7, 11) is 4.85. The lowest BCUT2D eigenvalue weighted by molar-refractivity contribution is -0.147. The van der Waals surface area contributed by atoms with Crippen LogP contribution in [0, 0.1) is 23.7 Å². The van der Waals surface area contributed by atoms with Gasteiger partial charge in [0, 0.05) is 34.2 Å². The Balaban J connectivity index is 2.22. The second-order valence-electron chi connectivity index (χ2n) is 14.6. The number of aliphatic hydroxyl groups excluding tert-OH is 1. The van der Waals surface area contributed by atoms with Crippen molar-refractivity contribution in [2.75, 3.05) is 27.8 Å². The van der Waals surface area contributed by atoms with Gasteiger partial charge in [-0.25, -0.2) is 0 Å². The lowest BCUT2D eigenvalue weighted by Gasteiger charge is -2.41. The van der Waals surface area contributed by atoms with E-state index in [4.69, 9.17) is 9.47 Å². The van der Waals surface area contributed by atoms with Crippen molar-refractivity contribution in [2.24, 2.45) is 23.7 Å². The number of likely N-dealkylation sites (tertiary alicyclic amines) is 1. The third-order valence-corrected chi connectivity index (χ3v) is 10.1. The first-order valence-corrected chi connectivity index (χ1v) is 18.0. The van der Waals surface area contributed by atoms with Crippen molar-refractivity contribution < 1.29 is 33.8 Å². The van der Waals surface area contributed by atoms with Gasteiger partial charge in [0.05, 0.1) is 48.8 Å². The number of hydrogen-bond acceptors (Lipinski definition) is 7. The number of rotatable bonds is 19. The van der Waals surface area contributed by atoms with E-state index in [0.29, 0.717) is 24.9 Å². The van der Waals surface area contributed by atoms with E-state index in [-0.39, 0.29) is 53.8 Å². The van der Waals surface area contributed by atoms with Crippen molar-refractivity contribution in [1.29, 1.82) is 0 Å². The van der Waals surface area contributed by atoms with Crippen LogP contribution in [0.25, 0.3) is 0 Å². The molecule has 0 radical (unpaired) electrons. The van der Waals surface area contributed by atoms with Gasteiger partial charge < -0.3 is 35.0 Å². The van der Waals surface area contributed by atoms with Crippen molar-refractivity contribution in [1.82, 2.24) is 20.4 Å². The molecule has 2 unspecified atom stereocenters. The molecule has 1 aliphatic rings. The average molecular weight is 689 g/mol. The quantitative estimate of drug-likeness (QED) is 0.197. The fourth-order valence-electron chi connectivity index (χ4n) is 7.02. The Hall–Kier alpha value is -3.02. The lowest BCUT2D eigenvalue weighted by Crippen LogP contribution is -2.58. The van der Waals surface area contributed by atoms with Gasteiger partial charge >= 0.3 is 0 Å². The Kier molecular flexibility index (Phi) is 17.2. The molecular formula is C38H64N4O7. The maximum atomic E-state index is 14.1. The van der Waals surface area contributed by atoms with Crippen LogP contribution in [0.1, 0.15) is 99.2 Å². The van der Waals surface area contributed by atoms with Crippen LogP contribution >= 0.6 is 0 Å². The molecule has 1 aromatic rings. The topological polar surface area (TPSA) is 138 Å². The fraction of sp³-hybridized carbons (Fsp3) is 0.737. The Bertz CT molecular complexity index is 1200. The minimum atomic E-state index is -0.871. The summed E-state index contributed by atoms with van der Waals surface area (Å²) in [4.78, 5) is 57.5. The standard InChI is InChI=1S/C38H64N4O7/c1-12-25(6)34(41(9)38(47)33(24(4)5)40-31(43)21-23(2)3)30(48-10)22-32(44)42-20-16-19-29(42)36(49-11)26(7)37(46)39-27(8)35(45)28-17-14-13-15-18-28/h13-15,17-18,23-27,29-30,33-36,45H,12,16,19-22H2,1-11H3,(H,39,46)(H,40,43)/t25-,26+,27+,29-,30+,33-,34?,35?,36+/m0/s1. The summed E-state index contributed by atoms with van der Waals surface area (Å²) in [5, 5.41) is 16.7. The van der Waals surface area contributed by atoms with E-state index in [9.17, 15) is 24.3 Å². The molecule has 1 aromatic carbocycles. The van der Waals surface area contributed by atoms with Crippen LogP contribution in [0.4, 0.5) is 0 Å². The Morgan fingerprint density at radius 3 is 2.12 bits per heavy atom. The highest BCUT2D eigenvalue weighted by atomic mass is 16.5. The number of benzene rings is 1. The molecule has 11 heteroatoms. The first-order valence-electron chi connectivity index (χ1n) is 18.0. The second kappa shape index (κ2) is 20.0. The molecule has 1 heterocycles.